The number of nitrogens with zero attached hydrogens (tertiary/aromatic N) is 3. The van der Waals surface area contributed by atoms with Crippen LogP contribution in [0, 0.1) is 0 Å². The highest BCUT2D eigenvalue weighted by molar-refractivity contribution is 5.98. The highest BCUT2D eigenvalue weighted by Gasteiger charge is 2.32. The van der Waals surface area contributed by atoms with E-state index in [1.54, 1.807) is 0 Å². The predicted molar refractivity (Wildman–Crippen MR) is 62.9 cm³/mol. The number of carbonyl (C=O) groups is 1. The summed E-state index contributed by atoms with van der Waals surface area (Å²) in [7, 11) is 0. The first-order chi connectivity index (χ1) is 9.45. The molecule has 0 saturated heterocycles. The zero-order valence-electron chi connectivity index (χ0n) is 10.1. The van der Waals surface area contributed by atoms with Gasteiger partial charge in [0.15, 0.2) is 11.6 Å². The van der Waals surface area contributed by atoms with Crippen molar-refractivity contribution in [2.75, 3.05) is 0 Å². The van der Waals surface area contributed by atoms with Gasteiger partial charge in [0.1, 0.15) is 11.4 Å². The van der Waals surface area contributed by atoms with E-state index >= 15 is 0 Å². The number of fused-ring (bicyclic) bond motifs is 1. The fourth-order valence-corrected chi connectivity index (χ4v) is 2.06. The summed E-state index contributed by atoms with van der Waals surface area (Å²) < 4.78 is 37.8. The molecule has 0 atom stereocenters. The van der Waals surface area contributed by atoms with E-state index in [0.717, 1.165) is 17.8 Å². The number of carbonyl (C=O) groups excluding carboxylic acids is 1. The maximum atomic E-state index is 12.6. The van der Waals surface area contributed by atoms with Crippen LogP contribution in [-0.2, 0) is 12.6 Å². The minimum atomic E-state index is -4.53. The molecule has 0 amide bonds. The van der Waals surface area contributed by atoms with Crippen LogP contribution in [0.15, 0.2) is 24.5 Å². The Bertz CT molecular complexity index is 698. The Balaban J connectivity index is 2.06. The molecule has 0 N–H and O–H groups in total. The normalized spacial score (nSPS) is 14.4. The maximum absolute atomic E-state index is 12.6. The van der Waals surface area contributed by atoms with Gasteiger partial charge < -0.3 is 0 Å². The lowest BCUT2D eigenvalue weighted by atomic mass is 10.2. The second-order valence-corrected chi connectivity index (χ2v) is 4.42. The number of ketones is 1. The topological polar surface area (TPSA) is 55.7 Å². The maximum Gasteiger partial charge on any atom is 0.433 e. The second kappa shape index (κ2) is 4.36. The summed E-state index contributed by atoms with van der Waals surface area (Å²) in [5, 5.41) is 0. The van der Waals surface area contributed by atoms with Crippen LogP contribution in [0.4, 0.5) is 13.2 Å². The Morgan fingerprint density at radius 1 is 1.15 bits per heavy atom. The van der Waals surface area contributed by atoms with Crippen molar-refractivity contribution in [1.29, 1.82) is 0 Å². The van der Waals surface area contributed by atoms with Gasteiger partial charge in [0, 0.05) is 29.9 Å². The molecule has 4 nitrogen and oxygen atoms in total. The number of alkyl halides is 3. The first-order valence-corrected chi connectivity index (χ1v) is 5.88. The van der Waals surface area contributed by atoms with E-state index < -0.39 is 11.9 Å². The van der Waals surface area contributed by atoms with Gasteiger partial charge in [0.2, 0.25) is 0 Å². The molecule has 0 aromatic carbocycles. The summed E-state index contributed by atoms with van der Waals surface area (Å²) in [5.41, 5.74) is 0.226. The van der Waals surface area contributed by atoms with Crippen LogP contribution in [0.3, 0.4) is 0 Å². The van der Waals surface area contributed by atoms with E-state index in [2.05, 4.69) is 15.0 Å². The summed E-state index contributed by atoms with van der Waals surface area (Å²) in [5.74, 6) is 0.000603. The molecule has 3 rings (SSSR count). The molecule has 0 spiro atoms. The van der Waals surface area contributed by atoms with Gasteiger partial charge in [-0.05, 0) is 18.6 Å². The van der Waals surface area contributed by atoms with Crippen molar-refractivity contribution in [2.24, 2.45) is 0 Å². The molecule has 0 saturated carbocycles. The monoisotopic (exact) mass is 279 g/mol. The van der Waals surface area contributed by atoms with Crippen LogP contribution < -0.4 is 0 Å². The highest BCUT2D eigenvalue weighted by atomic mass is 19.4. The average Bonchev–Trinajstić information content (AvgIpc) is 2.79. The van der Waals surface area contributed by atoms with Gasteiger partial charge in [-0.3, -0.25) is 9.78 Å². The second-order valence-electron chi connectivity index (χ2n) is 4.42. The number of halogens is 3. The smallest absolute Gasteiger partial charge is 0.292 e. The molecular weight excluding hydrogens is 271 g/mol. The summed E-state index contributed by atoms with van der Waals surface area (Å²) in [6.07, 6.45) is -1.02. The molecule has 102 valence electrons. The van der Waals surface area contributed by atoms with Crippen molar-refractivity contribution in [2.45, 2.75) is 19.0 Å². The Morgan fingerprint density at radius 2 is 1.95 bits per heavy atom. The minimum Gasteiger partial charge on any atom is -0.292 e. The average molecular weight is 279 g/mol. The number of Topliss-reactive ketones (excluding diaryl/α,β-unsaturated/α-hetero) is 1. The predicted octanol–water partition coefficient (Wildman–Crippen LogP) is 2.69. The molecule has 1 aliphatic carbocycles. The SMILES string of the molecule is O=C1CCc2cnc(-c3ccnc(C(F)(F)F)c3)nc21. The fraction of sp³-hybridized carbons (Fsp3) is 0.231. The van der Waals surface area contributed by atoms with Crippen LogP contribution in [0.2, 0.25) is 0 Å². The van der Waals surface area contributed by atoms with Gasteiger partial charge >= 0.3 is 6.18 Å². The lowest BCUT2D eigenvalue weighted by Crippen LogP contribution is -2.08. The molecule has 2 heterocycles. The van der Waals surface area contributed by atoms with E-state index in [-0.39, 0.29) is 17.2 Å². The summed E-state index contributed by atoms with van der Waals surface area (Å²) in [6, 6.07) is 2.26. The number of rotatable bonds is 1. The third-order valence-corrected chi connectivity index (χ3v) is 3.06. The minimum absolute atomic E-state index is 0.103. The molecule has 1 aliphatic rings. The third kappa shape index (κ3) is 2.15. The van der Waals surface area contributed by atoms with Crippen molar-refractivity contribution < 1.29 is 18.0 Å². The van der Waals surface area contributed by atoms with Crippen molar-refractivity contribution in [1.82, 2.24) is 15.0 Å². The molecule has 20 heavy (non-hydrogen) atoms. The van der Waals surface area contributed by atoms with Crippen LogP contribution in [0.5, 0.6) is 0 Å². The third-order valence-electron chi connectivity index (χ3n) is 3.06. The van der Waals surface area contributed by atoms with Crippen LogP contribution in [-0.4, -0.2) is 20.7 Å². The van der Waals surface area contributed by atoms with E-state index in [1.807, 2.05) is 0 Å². The summed E-state index contributed by atoms with van der Waals surface area (Å²) in [4.78, 5) is 23.0. The summed E-state index contributed by atoms with van der Waals surface area (Å²) >= 11 is 0. The van der Waals surface area contributed by atoms with E-state index in [0.29, 0.717) is 18.5 Å². The van der Waals surface area contributed by atoms with Crippen LogP contribution in [0.25, 0.3) is 11.4 Å². The molecule has 0 bridgehead atoms. The van der Waals surface area contributed by atoms with Crippen LogP contribution >= 0.6 is 0 Å². The Kier molecular flexibility index (Phi) is 2.77. The lowest BCUT2D eigenvalue weighted by Gasteiger charge is -2.07. The zero-order chi connectivity index (χ0) is 14.3. The lowest BCUT2D eigenvalue weighted by molar-refractivity contribution is -0.141. The fourth-order valence-electron chi connectivity index (χ4n) is 2.06. The Hall–Kier alpha value is -2.31. The van der Waals surface area contributed by atoms with E-state index in [9.17, 15) is 18.0 Å². The zero-order valence-corrected chi connectivity index (χ0v) is 10.1. The van der Waals surface area contributed by atoms with Crippen LogP contribution in [0.1, 0.15) is 28.2 Å². The number of aromatic nitrogens is 3. The molecule has 0 fully saturated rings. The first-order valence-electron chi connectivity index (χ1n) is 5.88. The van der Waals surface area contributed by atoms with Crippen molar-refractivity contribution in [3.63, 3.8) is 0 Å². The molecular formula is C13H8F3N3O. The standard InChI is InChI=1S/C13H8F3N3O/c14-13(15,16)10-5-7(3-4-17-10)12-18-6-8-1-2-9(20)11(8)19-12/h3-6H,1-2H2. The molecule has 7 heteroatoms. The highest BCUT2D eigenvalue weighted by Crippen LogP contribution is 2.30. The van der Waals surface area contributed by atoms with Crippen molar-refractivity contribution >= 4 is 5.78 Å². The van der Waals surface area contributed by atoms with Gasteiger partial charge in [-0.2, -0.15) is 13.2 Å². The molecule has 2 aromatic rings. The largest absolute Gasteiger partial charge is 0.433 e. The van der Waals surface area contributed by atoms with Gasteiger partial charge in [-0.25, -0.2) is 9.97 Å². The molecule has 0 radical (unpaired) electrons. The van der Waals surface area contributed by atoms with E-state index in [4.69, 9.17) is 0 Å². The Morgan fingerprint density at radius 3 is 2.70 bits per heavy atom. The Labute approximate surface area is 111 Å². The number of aryl methyl sites for hydroxylation is 1. The quantitative estimate of drug-likeness (QED) is 0.805. The number of hydrogen-bond acceptors (Lipinski definition) is 4. The van der Waals surface area contributed by atoms with Crippen molar-refractivity contribution in [3.05, 3.63) is 41.5 Å². The molecule has 0 unspecified atom stereocenters. The number of pyridine rings is 1. The first kappa shape index (κ1) is 12.7. The van der Waals surface area contributed by atoms with Crippen molar-refractivity contribution in [3.8, 4) is 11.4 Å². The summed E-state index contributed by atoms with van der Waals surface area (Å²) in [6.45, 7) is 0. The van der Waals surface area contributed by atoms with Gasteiger partial charge in [-0.15, -0.1) is 0 Å². The van der Waals surface area contributed by atoms with E-state index in [1.165, 1.54) is 12.3 Å². The van der Waals surface area contributed by atoms with Gasteiger partial charge in [0.05, 0.1) is 0 Å². The van der Waals surface area contributed by atoms with Gasteiger partial charge in [-0.1, -0.05) is 0 Å². The molecule has 2 aromatic heterocycles. The van der Waals surface area contributed by atoms with Gasteiger partial charge in [0.25, 0.3) is 0 Å². The number of hydrogen-bond donors (Lipinski definition) is 0. The molecule has 0 aliphatic heterocycles.